The SMILES string of the molecule is CCOC(=O)CC(=O)CSc1nc2c3cc[nH]c(=O)c3c3cc(F)ccc3c2[nH]1. The molecule has 2 aromatic heterocycles. The van der Waals surface area contributed by atoms with Gasteiger partial charge in [-0.25, -0.2) is 9.37 Å². The van der Waals surface area contributed by atoms with Gasteiger partial charge in [-0.15, -0.1) is 0 Å². The standard InChI is InChI=1S/C20H16FN3O4S/c1-2-28-15(26)8-11(25)9-29-20-23-17-12-4-3-10(21)7-14(12)16-13(18(17)24-20)5-6-22-19(16)27/h3-7H,2,8-9H2,1H3,(H,22,27)(H,23,24). The normalized spacial score (nSPS) is 11.4. The van der Waals surface area contributed by atoms with Crippen molar-refractivity contribution in [3.05, 3.63) is 46.6 Å². The molecule has 4 rings (SSSR count). The molecule has 29 heavy (non-hydrogen) atoms. The molecule has 0 saturated heterocycles. The number of imidazole rings is 1. The lowest BCUT2D eigenvalue weighted by Gasteiger charge is -2.05. The summed E-state index contributed by atoms with van der Waals surface area (Å²) in [6.45, 7) is 1.90. The number of pyridine rings is 1. The Hall–Kier alpha value is -3.20. The number of aromatic nitrogens is 3. The van der Waals surface area contributed by atoms with E-state index in [0.29, 0.717) is 37.7 Å². The number of carbonyl (C=O) groups excluding carboxylic acids is 2. The minimum absolute atomic E-state index is 0.0453. The molecule has 2 heterocycles. The number of Topliss-reactive ketones (excluding diaryl/α,β-unsaturated/α-hetero) is 1. The van der Waals surface area contributed by atoms with Crippen LogP contribution in [0.15, 0.2) is 40.4 Å². The number of hydrogen-bond acceptors (Lipinski definition) is 6. The molecule has 4 aromatic rings. The number of fused-ring (bicyclic) bond motifs is 6. The molecule has 148 valence electrons. The van der Waals surface area contributed by atoms with Gasteiger partial charge in [-0.1, -0.05) is 11.8 Å². The van der Waals surface area contributed by atoms with E-state index in [0.717, 1.165) is 11.8 Å². The van der Waals surface area contributed by atoms with Crippen molar-refractivity contribution in [1.29, 1.82) is 0 Å². The lowest BCUT2D eigenvalue weighted by atomic mass is 10.0. The lowest BCUT2D eigenvalue weighted by molar-refractivity contribution is -0.145. The topological polar surface area (TPSA) is 105 Å². The fraction of sp³-hybridized carbons (Fsp3) is 0.200. The molecule has 0 atom stereocenters. The second-order valence-corrected chi connectivity index (χ2v) is 7.32. The van der Waals surface area contributed by atoms with E-state index in [9.17, 15) is 18.8 Å². The molecule has 0 unspecified atom stereocenters. The van der Waals surface area contributed by atoms with Gasteiger partial charge in [0.05, 0.1) is 28.8 Å². The average molecular weight is 413 g/mol. The third-order valence-corrected chi connectivity index (χ3v) is 5.37. The van der Waals surface area contributed by atoms with Gasteiger partial charge in [0.25, 0.3) is 5.56 Å². The van der Waals surface area contributed by atoms with Crippen LogP contribution in [0.3, 0.4) is 0 Å². The average Bonchev–Trinajstić information content (AvgIpc) is 3.11. The molecule has 9 heteroatoms. The smallest absolute Gasteiger partial charge is 0.313 e. The second-order valence-electron chi connectivity index (χ2n) is 6.36. The zero-order valence-corrected chi connectivity index (χ0v) is 16.2. The van der Waals surface area contributed by atoms with Crippen molar-refractivity contribution in [3.63, 3.8) is 0 Å². The van der Waals surface area contributed by atoms with Gasteiger partial charge in [0.1, 0.15) is 12.2 Å². The number of nitrogens with zero attached hydrogens (tertiary/aromatic N) is 1. The summed E-state index contributed by atoms with van der Waals surface area (Å²) >= 11 is 1.15. The van der Waals surface area contributed by atoms with Gasteiger partial charge in [0.2, 0.25) is 0 Å². The van der Waals surface area contributed by atoms with E-state index >= 15 is 0 Å². The first-order valence-corrected chi connectivity index (χ1v) is 9.89. The Balaban J connectivity index is 1.76. The van der Waals surface area contributed by atoms with Crippen LogP contribution in [0.4, 0.5) is 4.39 Å². The van der Waals surface area contributed by atoms with Gasteiger partial charge >= 0.3 is 5.97 Å². The number of rotatable bonds is 6. The van der Waals surface area contributed by atoms with Gasteiger partial charge in [0, 0.05) is 22.4 Å². The summed E-state index contributed by atoms with van der Waals surface area (Å²) < 4.78 is 18.6. The van der Waals surface area contributed by atoms with Crippen molar-refractivity contribution in [2.75, 3.05) is 12.4 Å². The third kappa shape index (κ3) is 3.61. The van der Waals surface area contributed by atoms with Crippen LogP contribution in [0, 0.1) is 5.82 Å². The van der Waals surface area contributed by atoms with Crippen LogP contribution < -0.4 is 5.56 Å². The lowest BCUT2D eigenvalue weighted by Crippen LogP contribution is -2.12. The number of aromatic amines is 2. The molecule has 2 aromatic carbocycles. The quantitative estimate of drug-likeness (QED) is 0.217. The maximum Gasteiger partial charge on any atom is 0.313 e. The molecule has 2 N–H and O–H groups in total. The summed E-state index contributed by atoms with van der Waals surface area (Å²) in [5.74, 6) is -1.23. The maximum atomic E-state index is 13.9. The first kappa shape index (κ1) is 19.1. The Labute approximate surface area is 167 Å². The summed E-state index contributed by atoms with van der Waals surface area (Å²) in [5, 5.41) is 2.55. The molecule has 0 bridgehead atoms. The maximum absolute atomic E-state index is 13.9. The highest BCUT2D eigenvalue weighted by molar-refractivity contribution is 7.99. The van der Waals surface area contributed by atoms with Crippen LogP contribution in [-0.2, 0) is 14.3 Å². The third-order valence-electron chi connectivity index (χ3n) is 4.44. The van der Waals surface area contributed by atoms with E-state index in [1.165, 1.54) is 18.3 Å². The Kier molecular flexibility index (Phi) is 5.06. The highest BCUT2D eigenvalue weighted by Crippen LogP contribution is 2.33. The van der Waals surface area contributed by atoms with E-state index in [-0.39, 0.29) is 30.1 Å². The molecule has 0 aliphatic carbocycles. The van der Waals surface area contributed by atoms with Crippen molar-refractivity contribution in [3.8, 4) is 0 Å². The van der Waals surface area contributed by atoms with E-state index in [4.69, 9.17) is 4.74 Å². The van der Waals surface area contributed by atoms with Crippen LogP contribution in [0.25, 0.3) is 32.6 Å². The molecular weight excluding hydrogens is 397 g/mol. The highest BCUT2D eigenvalue weighted by Gasteiger charge is 2.17. The Morgan fingerprint density at radius 2 is 2.03 bits per heavy atom. The molecule has 0 aliphatic heterocycles. The van der Waals surface area contributed by atoms with Gasteiger partial charge in [0.15, 0.2) is 10.9 Å². The van der Waals surface area contributed by atoms with E-state index < -0.39 is 11.8 Å². The zero-order chi connectivity index (χ0) is 20.5. The number of H-pyrrole nitrogens is 2. The highest BCUT2D eigenvalue weighted by atomic mass is 32.2. The number of nitrogens with one attached hydrogen (secondary N) is 2. The van der Waals surface area contributed by atoms with E-state index in [1.54, 1.807) is 19.1 Å². The summed E-state index contributed by atoms with van der Waals surface area (Å²) in [7, 11) is 0. The number of ketones is 1. The number of carbonyl (C=O) groups is 2. The van der Waals surface area contributed by atoms with Gasteiger partial charge in [-0.05, 0) is 31.2 Å². The van der Waals surface area contributed by atoms with Crippen LogP contribution in [-0.4, -0.2) is 39.1 Å². The number of ether oxygens (including phenoxy) is 1. The fourth-order valence-corrected chi connectivity index (χ4v) is 4.00. The van der Waals surface area contributed by atoms with Crippen molar-refractivity contribution in [2.24, 2.45) is 0 Å². The predicted molar refractivity (Wildman–Crippen MR) is 109 cm³/mol. The van der Waals surface area contributed by atoms with Gasteiger partial charge in [-0.2, -0.15) is 0 Å². The van der Waals surface area contributed by atoms with Crippen molar-refractivity contribution >= 4 is 56.1 Å². The second kappa shape index (κ2) is 7.67. The summed E-state index contributed by atoms with van der Waals surface area (Å²) in [6.07, 6.45) is 1.22. The molecule has 0 spiro atoms. The van der Waals surface area contributed by atoms with Crippen molar-refractivity contribution in [2.45, 2.75) is 18.5 Å². The fourth-order valence-electron chi connectivity index (χ4n) is 3.27. The number of hydrogen-bond donors (Lipinski definition) is 2. The Morgan fingerprint density at radius 1 is 1.21 bits per heavy atom. The van der Waals surface area contributed by atoms with E-state index in [2.05, 4.69) is 15.0 Å². The molecule has 0 fully saturated rings. The molecule has 0 aliphatic rings. The van der Waals surface area contributed by atoms with Crippen molar-refractivity contribution < 1.29 is 18.7 Å². The van der Waals surface area contributed by atoms with Crippen LogP contribution in [0.1, 0.15) is 13.3 Å². The number of halogens is 1. The minimum atomic E-state index is -0.555. The largest absolute Gasteiger partial charge is 0.466 e. The van der Waals surface area contributed by atoms with Gasteiger partial charge < -0.3 is 14.7 Å². The van der Waals surface area contributed by atoms with Gasteiger partial charge in [-0.3, -0.25) is 14.4 Å². The monoisotopic (exact) mass is 413 g/mol. The first-order valence-electron chi connectivity index (χ1n) is 8.90. The number of esters is 1. The number of benzene rings is 2. The van der Waals surface area contributed by atoms with Crippen LogP contribution in [0.5, 0.6) is 0 Å². The number of thioether (sulfide) groups is 1. The van der Waals surface area contributed by atoms with Crippen LogP contribution >= 0.6 is 11.8 Å². The van der Waals surface area contributed by atoms with Crippen molar-refractivity contribution in [1.82, 2.24) is 15.0 Å². The Bertz CT molecular complexity index is 1330. The molecule has 0 amide bonds. The van der Waals surface area contributed by atoms with Crippen LogP contribution in [0.2, 0.25) is 0 Å². The Morgan fingerprint density at radius 3 is 2.83 bits per heavy atom. The zero-order valence-electron chi connectivity index (χ0n) is 15.4. The molecular formula is C20H16FN3O4S. The molecule has 7 nitrogen and oxygen atoms in total. The van der Waals surface area contributed by atoms with E-state index in [1.807, 2.05) is 0 Å². The molecule has 0 saturated carbocycles. The first-order chi connectivity index (χ1) is 14.0. The summed E-state index contributed by atoms with van der Waals surface area (Å²) in [4.78, 5) is 46.1. The minimum Gasteiger partial charge on any atom is -0.466 e. The summed E-state index contributed by atoms with van der Waals surface area (Å²) in [5.41, 5.74) is 0.880. The molecule has 0 radical (unpaired) electrons. The summed E-state index contributed by atoms with van der Waals surface area (Å²) in [6, 6.07) is 5.95. The predicted octanol–water partition coefficient (Wildman–Crippen LogP) is 3.31.